The van der Waals surface area contributed by atoms with E-state index in [0.29, 0.717) is 0 Å². The number of nitrogens with one attached hydrogen (secondary N) is 1. The number of aliphatic hydroxyl groups excluding tert-OH is 4. The van der Waals surface area contributed by atoms with Gasteiger partial charge in [-0.05, 0) is 0 Å². The molecule has 0 aromatic rings. The molecule has 1 amide bonds. The van der Waals surface area contributed by atoms with Gasteiger partial charge in [0.1, 0.15) is 42.7 Å². The molecule has 21 heteroatoms. The van der Waals surface area contributed by atoms with Gasteiger partial charge in [0.15, 0.2) is 18.7 Å². The van der Waals surface area contributed by atoms with Gasteiger partial charge in [-0.2, -0.15) is 16.8 Å². The Morgan fingerprint density at radius 3 is 2.00 bits per heavy atom. The fraction of sp³-hybridized carbons (Fsp3) is 0.857. The minimum absolute atomic E-state index is 0.881. The number of aliphatic carboxylic acids is 1. The lowest BCUT2D eigenvalue weighted by atomic mass is 9.95. The summed E-state index contributed by atoms with van der Waals surface area (Å²) in [6, 6.07) is -1.82. The second-order valence-corrected chi connectivity index (χ2v) is 9.47. The van der Waals surface area contributed by atoms with E-state index in [1.807, 2.05) is 0 Å². The summed E-state index contributed by atoms with van der Waals surface area (Å²) in [5.41, 5.74) is 0. The van der Waals surface area contributed by atoms with E-state index < -0.39 is 101 Å². The van der Waals surface area contributed by atoms with Gasteiger partial charge in [-0.25, -0.2) is 13.2 Å². The van der Waals surface area contributed by atoms with Crippen LogP contribution in [0, 0.1) is 0 Å². The van der Waals surface area contributed by atoms with E-state index in [1.54, 1.807) is 0 Å². The first-order chi connectivity index (χ1) is 15.9. The highest BCUT2D eigenvalue weighted by Crippen LogP contribution is 2.31. The maximum Gasteiger partial charge on any atom is 0.397 e. The Kier molecular flexibility index (Phi) is 9.48. The molecule has 35 heavy (non-hydrogen) atoms. The first-order valence-electron chi connectivity index (χ1n) is 9.37. The SMILES string of the molecule is CC(=O)N[C@@H]1[C@@H](O[C@@H]2O[C@H](C(=O)O)[C@@H](O)[C@H](O)[C@H]2O)[C@@H](OS(=O)(=O)O)[C@@H](COS(=O)(=O)O)O[C@H]1O. The second-order valence-electron chi connectivity index (χ2n) is 7.33. The van der Waals surface area contributed by atoms with Crippen LogP contribution in [0.4, 0.5) is 0 Å². The molecule has 2 aliphatic heterocycles. The first kappa shape index (κ1) is 29.6. The minimum Gasteiger partial charge on any atom is -0.479 e. The minimum atomic E-state index is -5.42. The zero-order valence-corrected chi connectivity index (χ0v) is 19.1. The van der Waals surface area contributed by atoms with Crippen molar-refractivity contribution >= 4 is 32.7 Å². The smallest absolute Gasteiger partial charge is 0.397 e. The van der Waals surface area contributed by atoms with Gasteiger partial charge in [0.05, 0.1) is 6.61 Å². The number of rotatable bonds is 9. The molecule has 2 aliphatic rings. The molecule has 204 valence electrons. The summed E-state index contributed by atoms with van der Waals surface area (Å²) in [5, 5.41) is 51.5. The normalized spacial score (nSPS) is 38.6. The average molecular weight is 557 g/mol. The monoisotopic (exact) mass is 557 g/mol. The maximum absolute atomic E-state index is 11.6. The van der Waals surface area contributed by atoms with Crippen LogP contribution in [-0.4, -0.2) is 131 Å². The number of ether oxygens (including phenoxy) is 3. The fourth-order valence-electron chi connectivity index (χ4n) is 3.33. The molecule has 0 aromatic carbocycles. The Morgan fingerprint density at radius 2 is 1.51 bits per heavy atom. The van der Waals surface area contributed by atoms with Crippen molar-refractivity contribution in [2.45, 2.75) is 68.3 Å². The quantitative estimate of drug-likeness (QED) is 0.123. The molecule has 0 radical (unpaired) electrons. The van der Waals surface area contributed by atoms with Crippen molar-refractivity contribution in [1.29, 1.82) is 0 Å². The summed E-state index contributed by atoms with van der Waals surface area (Å²) in [6.45, 7) is -0.321. The van der Waals surface area contributed by atoms with Gasteiger partial charge in [0, 0.05) is 6.92 Å². The average Bonchev–Trinajstić information content (AvgIpc) is 2.69. The van der Waals surface area contributed by atoms with Crippen LogP contribution in [0.25, 0.3) is 0 Å². The predicted molar refractivity (Wildman–Crippen MR) is 102 cm³/mol. The zero-order chi connectivity index (χ0) is 26.9. The first-order valence-corrected chi connectivity index (χ1v) is 12.1. The molecule has 0 saturated carbocycles. The van der Waals surface area contributed by atoms with Crippen LogP contribution in [-0.2, 0) is 53.0 Å². The Morgan fingerprint density at radius 1 is 0.914 bits per heavy atom. The number of hydrogen-bond acceptors (Lipinski definition) is 15. The summed E-state index contributed by atoms with van der Waals surface area (Å²) in [6.07, 6.45) is -19.3. The molecule has 2 heterocycles. The van der Waals surface area contributed by atoms with Crippen LogP contribution in [0.15, 0.2) is 0 Å². The summed E-state index contributed by atoms with van der Waals surface area (Å²) in [5.74, 6) is -2.69. The van der Waals surface area contributed by atoms with Crippen molar-refractivity contribution in [1.82, 2.24) is 5.32 Å². The van der Waals surface area contributed by atoms with E-state index >= 15 is 0 Å². The maximum atomic E-state index is 11.6. The zero-order valence-electron chi connectivity index (χ0n) is 17.4. The van der Waals surface area contributed by atoms with E-state index in [1.165, 1.54) is 0 Å². The molecule has 0 aliphatic carbocycles. The number of carboxylic acids is 1. The van der Waals surface area contributed by atoms with Crippen molar-refractivity contribution in [3.05, 3.63) is 0 Å². The van der Waals surface area contributed by atoms with Crippen molar-refractivity contribution in [2.75, 3.05) is 6.61 Å². The summed E-state index contributed by atoms with van der Waals surface area (Å²) in [4.78, 5) is 22.9. The van der Waals surface area contributed by atoms with Crippen molar-refractivity contribution in [3.8, 4) is 0 Å². The number of carbonyl (C=O) groups excluding carboxylic acids is 1. The van der Waals surface area contributed by atoms with Crippen LogP contribution < -0.4 is 5.32 Å². The van der Waals surface area contributed by atoms with E-state index in [0.717, 1.165) is 6.92 Å². The lowest BCUT2D eigenvalue weighted by Crippen LogP contribution is -2.68. The van der Waals surface area contributed by atoms with Crippen molar-refractivity contribution in [3.63, 3.8) is 0 Å². The van der Waals surface area contributed by atoms with Gasteiger partial charge in [0.2, 0.25) is 5.91 Å². The number of aliphatic hydroxyl groups is 4. The lowest BCUT2D eigenvalue weighted by Gasteiger charge is -2.46. The van der Waals surface area contributed by atoms with Gasteiger partial charge in [-0.15, -0.1) is 0 Å². The van der Waals surface area contributed by atoms with Crippen LogP contribution in [0.1, 0.15) is 6.92 Å². The molecule has 19 nitrogen and oxygen atoms in total. The fourth-order valence-corrected chi connectivity index (χ4v) is 4.15. The van der Waals surface area contributed by atoms with Gasteiger partial charge in [-0.1, -0.05) is 0 Å². The van der Waals surface area contributed by atoms with Gasteiger partial charge in [0.25, 0.3) is 0 Å². The molecule has 0 aromatic heterocycles. The molecule has 8 N–H and O–H groups in total. The van der Waals surface area contributed by atoms with E-state index in [2.05, 4.69) is 13.7 Å². The topological polar surface area (TPSA) is 302 Å². The second kappa shape index (κ2) is 11.2. The Labute approximate surface area is 197 Å². The largest absolute Gasteiger partial charge is 0.479 e. The predicted octanol–water partition coefficient (Wildman–Crippen LogP) is -5.51. The van der Waals surface area contributed by atoms with E-state index in [-0.39, 0.29) is 0 Å². The van der Waals surface area contributed by atoms with Crippen LogP contribution in [0.3, 0.4) is 0 Å². The van der Waals surface area contributed by atoms with E-state index in [4.69, 9.17) is 28.4 Å². The van der Waals surface area contributed by atoms with Gasteiger partial charge in [-0.3, -0.25) is 13.9 Å². The molecule has 2 fully saturated rings. The molecule has 10 atom stereocenters. The summed E-state index contributed by atoms with van der Waals surface area (Å²) in [7, 11) is -10.6. The molecule has 0 bridgehead atoms. The third kappa shape index (κ3) is 7.94. The molecule has 0 unspecified atom stereocenters. The lowest BCUT2D eigenvalue weighted by molar-refractivity contribution is -0.334. The highest BCUT2D eigenvalue weighted by Gasteiger charge is 2.54. The number of amides is 1. The van der Waals surface area contributed by atoms with Gasteiger partial charge < -0.3 is 45.1 Å². The Bertz CT molecular complexity index is 985. The molecule has 2 rings (SSSR count). The van der Waals surface area contributed by atoms with Crippen molar-refractivity contribution < 1.29 is 83.6 Å². The van der Waals surface area contributed by atoms with Gasteiger partial charge >= 0.3 is 26.8 Å². The molecule has 2 saturated heterocycles. The van der Waals surface area contributed by atoms with Crippen LogP contribution in [0.5, 0.6) is 0 Å². The number of hydrogen-bond donors (Lipinski definition) is 8. The number of carboxylic acid groups (broad SMARTS) is 1. The highest BCUT2D eigenvalue weighted by molar-refractivity contribution is 7.81. The van der Waals surface area contributed by atoms with Crippen LogP contribution in [0.2, 0.25) is 0 Å². The third-order valence-corrected chi connectivity index (χ3v) is 5.65. The summed E-state index contributed by atoms with van der Waals surface area (Å²) < 4.78 is 86.3. The molecular formula is C14H23NO18S2. The van der Waals surface area contributed by atoms with E-state index in [9.17, 15) is 46.9 Å². The summed E-state index contributed by atoms with van der Waals surface area (Å²) >= 11 is 0. The highest BCUT2D eigenvalue weighted by atomic mass is 32.3. The Hall–Kier alpha value is -1.60. The number of carbonyl (C=O) groups is 2. The Balaban J connectivity index is 2.48. The standard InChI is InChI=1S/C14H23NO18S2/c1-3(16)15-5-10(31-14-8(19)6(17)7(18)11(32-14)12(20)21)9(33-35(26,27)28)4(30-13(5)22)2-29-34(23,24)25/h4-11,13-14,17-19,22H,2H2,1H3,(H,15,16)(H,20,21)(H,23,24,25)(H,26,27,28)/t4-,5-,6+,7+,8-,9+,10-,11+,13-,14-/m1/s1. The third-order valence-electron chi connectivity index (χ3n) is 4.75. The van der Waals surface area contributed by atoms with Crippen molar-refractivity contribution in [2.24, 2.45) is 0 Å². The molecular weight excluding hydrogens is 534 g/mol. The van der Waals surface area contributed by atoms with Crippen LogP contribution >= 0.6 is 0 Å². The molecule has 0 spiro atoms.